The Balaban J connectivity index is 2.06. The number of hydrogen-bond donors (Lipinski definition) is 2. The van der Waals surface area contributed by atoms with Gasteiger partial charge in [0.2, 0.25) is 0 Å². The third-order valence-electron chi connectivity index (χ3n) is 3.47. The minimum absolute atomic E-state index is 0.414. The van der Waals surface area contributed by atoms with Crippen LogP contribution in [0.1, 0.15) is 27.8 Å². The van der Waals surface area contributed by atoms with Gasteiger partial charge in [0, 0.05) is 24.0 Å². The van der Waals surface area contributed by atoms with Crippen molar-refractivity contribution in [3.8, 4) is 0 Å². The second-order valence-corrected chi connectivity index (χ2v) is 4.55. The quantitative estimate of drug-likeness (QED) is 0.763. The summed E-state index contributed by atoms with van der Waals surface area (Å²) in [5.41, 5.74) is 2.84. The summed E-state index contributed by atoms with van der Waals surface area (Å²) in [5, 5.41) is 18.1. The lowest BCUT2D eigenvalue weighted by molar-refractivity contribution is -0.0852. The fraction of sp³-hybridized carbons (Fsp3) is 0.231. The van der Waals surface area contributed by atoms with Crippen molar-refractivity contribution in [2.75, 3.05) is 5.32 Å². The van der Waals surface area contributed by atoms with Crippen LogP contribution in [-0.2, 0) is 7.05 Å². The number of rotatable bonds is 1. The van der Waals surface area contributed by atoms with Crippen LogP contribution in [0.25, 0.3) is 0 Å². The Morgan fingerprint density at radius 2 is 2.11 bits per heavy atom. The van der Waals surface area contributed by atoms with E-state index in [4.69, 9.17) is 0 Å². The van der Waals surface area contributed by atoms with E-state index in [2.05, 4.69) is 10.4 Å². The van der Waals surface area contributed by atoms with E-state index >= 15 is 0 Å². The van der Waals surface area contributed by atoms with E-state index in [9.17, 15) is 10.0 Å². The molecule has 1 amide bonds. The van der Waals surface area contributed by atoms with Crippen molar-refractivity contribution in [2.45, 2.75) is 13.1 Å². The number of amides is 1. The molecule has 0 bridgehead atoms. The third kappa shape index (κ3) is 1.68. The Morgan fingerprint density at radius 3 is 2.79 bits per heavy atom. The molecule has 1 aromatic heterocycles. The first kappa shape index (κ1) is 11.7. The van der Waals surface area contributed by atoms with Crippen LogP contribution in [0.5, 0.6) is 0 Å². The summed E-state index contributed by atoms with van der Waals surface area (Å²) >= 11 is 0. The molecule has 1 aliphatic rings. The van der Waals surface area contributed by atoms with Crippen molar-refractivity contribution in [1.29, 1.82) is 0 Å². The van der Waals surface area contributed by atoms with Crippen molar-refractivity contribution in [3.05, 3.63) is 47.3 Å². The predicted octanol–water partition coefficient (Wildman–Crippen LogP) is 1.68. The van der Waals surface area contributed by atoms with Crippen molar-refractivity contribution < 1.29 is 10.0 Å². The molecule has 2 aromatic rings. The van der Waals surface area contributed by atoms with Gasteiger partial charge in [0.1, 0.15) is 0 Å². The minimum Gasteiger partial charge on any atom is -0.359 e. The van der Waals surface area contributed by atoms with Crippen LogP contribution in [0.4, 0.5) is 5.69 Å². The summed E-state index contributed by atoms with van der Waals surface area (Å²) in [4.78, 5) is 12.1. The Hall–Kier alpha value is -2.34. The third-order valence-corrected chi connectivity index (χ3v) is 3.47. The Labute approximate surface area is 110 Å². The summed E-state index contributed by atoms with van der Waals surface area (Å²) in [7, 11) is 1.82. The molecule has 0 saturated carbocycles. The van der Waals surface area contributed by atoms with Crippen molar-refractivity contribution in [1.82, 2.24) is 14.8 Å². The van der Waals surface area contributed by atoms with E-state index in [1.54, 1.807) is 23.0 Å². The van der Waals surface area contributed by atoms with Crippen LogP contribution < -0.4 is 5.32 Å². The van der Waals surface area contributed by atoms with Gasteiger partial charge in [0.25, 0.3) is 5.91 Å². The second-order valence-electron chi connectivity index (χ2n) is 4.55. The van der Waals surface area contributed by atoms with Crippen LogP contribution in [0, 0.1) is 6.92 Å². The maximum Gasteiger partial charge on any atom is 0.281 e. The summed E-state index contributed by atoms with van der Waals surface area (Å²) in [6, 6.07) is 7.11. The Morgan fingerprint density at radius 1 is 1.37 bits per heavy atom. The van der Waals surface area contributed by atoms with Crippen molar-refractivity contribution >= 4 is 11.6 Å². The molecule has 0 unspecified atom stereocenters. The number of aromatic nitrogens is 2. The average Bonchev–Trinajstić information content (AvgIpc) is 2.75. The number of hydrogen-bond acceptors (Lipinski definition) is 4. The van der Waals surface area contributed by atoms with Crippen LogP contribution in [0.3, 0.4) is 0 Å². The van der Waals surface area contributed by atoms with Gasteiger partial charge in [-0.2, -0.15) is 10.2 Å². The maximum absolute atomic E-state index is 12.1. The van der Waals surface area contributed by atoms with Crippen LogP contribution in [0.15, 0.2) is 30.5 Å². The number of carbonyl (C=O) groups is 1. The zero-order valence-electron chi connectivity index (χ0n) is 10.7. The molecule has 3 rings (SSSR count). The first-order chi connectivity index (χ1) is 9.09. The van der Waals surface area contributed by atoms with Gasteiger partial charge in [-0.25, -0.2) is 0 Å². The van der Waals surface area contributed by atoms with Gasteiger partial charge in [-0.1, -0.05) is 12.1 Å². The molecular formula is C13H14N4O2. The molecular weight excluding hydrogens is 244 g/mol. The number of benzene rings is 1. The van der Waals surface area contributed by atoms with E-state index in [0.29, 0.717) is 16.3 Å². The maximum atomic E-state index is 12.1. The molecule has 19 heavy (non-hydrogen) atoms. The number of hydroxylamine groups is 2. The SMILES string of the molecule is Cc1c([C@H]2Nc3ccccc3C(=O)N2O)cnn1C. The van der Waals surface area contributed by atoms with E-state index in [1.807, 2.05) is 26.1 Å². The molecule has 0 radical (unpaired) electrons. The normalized spacial score (nSPS) is 18.2. The molecule has 1 aliphatic heterocycles. The van der Waals surface area contributed by atoms with Gasteiger partial charge < -0.3 is 5.32 Å². The van der Waals surface area contributed by atoms with Crippen molar-refractivity contribution in [3.63, 3.8) is 0 Å². The van der Waals surface area contributed by atoms with Gasteiger partial charge in [-0.05, 0) is 19.1 Å². The summed E-state index contributed by atoms with van der Waals surface area (Å²) in [6.07, 6.45) is 1.04. The number of aryl methyl sites for hydroxylation is 1. The fourth-order valence-corrected chi connectivity index (χ4v) is 2.24. The van der Waals surface area contributed by atoms with E-state index in [0.717, 1.165) is 11.3 Å². The van der Waals surface area contributed by atoms with Crippen LogP contribution >= 0.6 is 0 Å². The zero-order chi connectivity index (χ0) is 13.6. The standard InChI is InChI=1S/C13H14N4O2/c1-8-10(7-14-16(8)2)12-15-11-6-4-3-5-9(11)13(18)17(12)19/h3-7,12,15,19H,1-2H3/t12-/m0/s1. The van der Waals surface area contributed by atoms with E-state index < -0.39 is 12.1 Å². The topological polar surface area (TPSA) is 70.4 Å². The molecule has 1 atom stereocenters. The monoisotopic (exact) mass is 258 g/mol. The lowest BCUT2D eigenvalue weighted by atomic mass is 10.1. The summed E-state index contributed by atoms with van der Waals surface area (Å²) in [5.74, 6) is -0.414. The molecule has 6 heteroatoms. The van der Waals surface area contributed by atoms with Gasteiger partial charge in [0.15, 0.2) is 6.17 Å². The van der Waals surface area contributed by atoms with Gasteiger partial charge >= 0.3 is 0 Å². The van der Waals surface area contributed by atoms with Crippen LogP contribution in [-0.4, -0.2) is 26.0 Å². The second kappa shape index (κ2) is 4.10. The largest absolute Gasteiger partial charge is 0.359 e. The van der Waals surface area contributed by atoms with E-state index in [-0.39, 0.29) is 0 Å². The minimum atomic E-state index is -0.615. The zero-order valence-corrected chi connectivity index (χ0v) is 10.7. The highest BCUT2D eigenvalue weighted by Crippen LogP contribution is 2.32. The molecule has 2 N–H and O–H groups in total. The molecule has 0 saturated heterocycles. The van der Waals surface area contributed by atoms with Gasteiger partial charge in [-0.15, -0.1) is 0 Å². The number of fused-ring (bicyclic) bond motifs is 1. The molecule has 0 aliphatic carbocycles. The molecule has 6 nitrogen and oxygen atoms in total. The van der Waals surface area contributed by atoms with Gasteiger partial charge in [-0.3, -0.25) is 14.7 Å². The number of para-hydroxylation sites is 1. The lowest BCUT2D eigenvalue weighted by Gasteiger charge is -2.33. The number of nitrogens with zero attached hydrogens (tertiary/aromatic N) is 3. The Kier molecular flexibility index (Phi) is 2.53. The molecule has 0 spiro atoms. The Bertz CT molecular complexity index is 650. The number of carbonyl (C=O) groups excluding carboxylic acids is 1. The molecule has 0 fully saturated rings. The van der Waals surface area contributed by atoms with Gasteiger partial charge in [0.05, 0.1) is 11.8 Å². The van der Waals surface area contributed by atoms with Crippen molar-refractivity contribution in [2.24, 2.45) is 7.05 Å². The molecule has 2 heterocycles. The summed E-state index contributed by atoms with van der Waals surface area (Å²) < 4.78 is 1.70. The highest BCUT2D eigenvalue weighted by atomic mass is 16.5. The highest BCUT2D eigenvalue weighted by molar-refractivity contribution is 6.01. The smallest absolute Gasteiger partial charge is 0.281 e. The predicted molar refractivity (Wildman–Crippen MR) is 68.7 cm³/mol. The first-order valence-electron chi connectivity index (χ1n) is 5.96. The lowest BCUT2D eigenvalue weighted by Crippen LogP contribution is -2.40. The molecule has 98 valence electrons. The van der Waals surface area contributed by atoms with E-state index in [1.165, 1.54) is 0 Å². The highest BCUT2D eigenvalue weighted by Gasteiger charge is 2.33. The summed E-state index contributed by atoms with van der Waals surface area (Å²) in [6.45, 7) is 1.89. The fourth-order valence-electron chi connectivity index (χ4n) is 2.24. The van der Waals surface area contributed by atoms with Crippen LogP contribution in [0.2, 0.25) is 0 Å². The number of anilines is 1. The average molecular weight is 258 g/mol. The number of nitrogens with one attached hydrogen (secondary N) is 1. The first-order valence-corrected chi connectivity index (χ1v) is 5.96. The molecule has 1 aromatic carbocycles.